The molecular formula is C58H37N3. The Labute approximate surface area is 353 Å². The SMILES string of the molecule is c1ccc(-c2ccc(-n3c4ccccc4c4ccc(-c5ccc6c(c5)c5ccccc5c5cccc(-c7nc(-c8ccccc8)cc(-c8ccccc8)n7)c56)cc43)cc2)cc1. The van der Waals surface area contributed by atoms with Crippen LogP contribution in [0.1, 0.15) is 0 Å². The van der Waals surface area contributed by atoms with Gasteiger partial charge in [-0.05, 0) is 85.6 Å². The highest BCUT2D eigenvalue weighted by atomic mass is 15.0. The Bertz CT molecular complexity index is 3550. The van der Waals surface area contributed by atoms with E-state index in [1.807, 2.05) is 12.1 Å². The Balaban J connectivity index is 1.06. The van der Waals surface area contributed by atoms with Gasteiger partial charge in [-0.15, -0.1) is 0 Å². The van der Waals surface area contributed by atoms with Crippen LogP contribution in [0.3, 0.4) is 0 Å². The zero-order valence-corrected chi connectivity index (χ0v) is 33.2. The maximum absolute atomic E-state index is 5.29. The predicted molar refractivity (Wildman–Crippen MR) is 256 cm³/mol. The first kappa shape index (κ1) is 34.9. The molecular weight excluding hydrogens is 739 g/mol. The highest BCUT2D eigenvalue weighted by Gasteiger charge is 2.19. The number of hydrogen-bond acceptors (Lipinski definition) is 2. The van der Waals surface area contributed by atoms with Crippen molar-refractivity contribution in [1.29, 1.82) is 0 Å². The molecule has 61 heavy (non-hydrogen) atoms. The van der Waals surface area contributed by atoms with Gasteiger partial charge in [-0.25, -0.2) is 9.97 Å². The number of nitrogens with zero attached hydrogens (tertiary/aromatic N) is 3. The molecule has 0 spiro atoms. The molecule has 0 atom stereocenters. The summed E-state index contributed by atoms with van der Waals surface area (Å²) in [5.74, 6) is 0.710. The summed E-state index contributed by atoms with van der Waals surface area (Å²) in [5.41, 5.74) is 13.2. The molecule has 0 radical (unpaired) electrons. The summed E-state index contributed by atoms with van der Waals surface area (Å²) in [6.45, 7) is 0. The molecule has 0 saturated carbocycles. The molecule has 284 valence electrons. The molecule has 0 fully saturated rings. The number of fused-ring (bicyclic) bond motifs is 9. The largest absolute Gasteiger partial charge is 0.309 e. The van der Waals surface area contributed by atoms with Crippen molar-refractivity contribution in [3.8, 4) is 61.8 Å². The maximum Gasteiger partial charge on any atom is 0.161 e. The molecule has 10 aromatic carbocycles. The first-order chi connectivity index (χ1) is 30.2. The van der Waals surface area contributed by atoms with Gasteiger partial charge < -0.3 is 4.57 Å². The van der Waals surface area contributed by atoms with Crippen LogP contribution in [-0.2, 0) is 0 Å². The molecule has 0 bridgehead atoms. The summed E-state index contributed by atoms with van der Waals surface area (Å²) in [5, 5.41) is 9.63. The molecule has 2 aromatic heterocycles. The number of hydrogen-bond donors (Lipinski definition) is 0. The summed E-state index contributed by atoms with van der Waals surface area (Å²) in [6, 6.07) is 80.5. The van der Waals surface area contributed by atoms with Crippen LogP contribution in [0.15, 0.2) is 224 Å². The van der Waals surface area contributed by atoms with Crippen LogP contribution < -0.4 is 0 Å². The Morgan fingerprint density at radius 1 is 0.279 bits per heavy atom. The second-order valence-electron chi connectivity index (χ2n) is 15.7. The van der Waals surface area contributed by atoms with Gasteiger partial charge in [0.15, 0.2) is 5.82 Å². The lowest BCUT2D eigenvalue weighted by Crippen LogP contribution is -1.97. The van der Waals surface area contributed by atoms with Gasteiger partial charge in [0.2, 0.25) is 0 Å². The quantitative estimate of drug-likeness (QED) is 0.158. The van der Waals surface area contributed by atoms with Crippen molar-refractivity contribution in [2.24, 2.45) is 0 Å². The fourth-order valence-electron chi connectivity index (χ4n) is 9.31. The summed E-state index contributed by atoms with van der Waals surface area (Å²) in [6.07, 6.45) is 0. The normalized spacial score (nSPS) is 11.6. The zero-order chi connectivity index (χ0) is 40.3. The average molecular weight is 776 g/mol. The van der Waals surface area contributed by atoms with Crippen LogP contribution in [0.25, 0.3) is 116 Å². The molecule has 3 heteroatoms. The third-order valence-electron chi connectivity index (χ3n) is 12.2. The smallest absolute Gasteiger partial charge is 0.161 e. The molecule has 0 aliphatic heterocycles. The van der Waals surface area contributed by atoms with E-state index in [1.54, 1.807) is 0 Å². The molecule has 0 aliphatic carbocycles. The molecule has 0 unspecified atom stereocenters. The van der Waals surface area contributed by atoms with E-state index in [1.165, 1.54) is 71.0 Å². The van der Waals surface area contributed by atoms with Crippen LogP contribution in [0.4, 0.5) is 0 Å². The van der Waals surface area contributed by atoms with Gasteiger partial charge in [-0.3, -0.25) is 0 Å². The Morgan fingerprint density at radius 3 is 1.43 bits per heavy atom. The van der Waals surface area contributed by atoms with E-state index in [2.05, 4.69) is 217 Å². The number of para-hydroxylation sites is 1. The molecule has 0 N–H and O–H groups in total. The Morgan fingerprint density at radius 2 is 0.754 bits per heavy atom. The van der Waals surface area contributed by atoms with Crippen molar-refractivity contribution in [1.82, 2.24) is 14.5 Å². The topological polar surface area (TPSA) is 30.7 Å². The van der Waals surface area contributed by atoms with Crippen LogP contribution in [-0.4, -0.2) is 14.5 Å². The third kappa shape index (κ3) is 5.90. The van der Waals surface area contributed by atoms with Crippen LogP contribution in [0.2, 0.25) is 0 Å². The minimum absolute atomic E-state index is 0.710. The van der Waals surface area contributed by atoms with Crippen molar-refractivity contribution < 1.29 is 0 Å². The van der Waals surface area contributed by atoms with Gasteiger partial charge in [0.1, 0.15) is 0 Å². The van der Waals surface area contributed by atoms with Gasteiger partial charge >= 0.3 is 0 Å². The molecule has 12 aromatic rings. The summed E-state index contributed by atoms with van der Waals surface area (Å²) >= 11 is 0. The van der Waals surface area contributed by atoms with E-state index >= 15 is 0 Å². The molecule has 12 rings (SSSR count). The van der Waals surface area contributed by atoms with Crippen molar-refractivity contribution in [3.63, 3.8) is 0 Å². The summed E-state index contributed by atoms with van der Waals surface area (Å²) < 4.78 is 2.41. The zero-order valence-electron chi connectivity index (χ0n) is 33.2. The average Bonchev–Trinajstić information content (AvgIpc) is 3.68. The standard InChI is InChI=1S/C58H37N3/c1-4-15-38(16-5-1)39-27-31-44(32-28-39)61-55-26-13-12-23-47(55)48-33-29-43(36-56(48)61)42-30-34-50-52(35-42)46-22-11-10-21-45(46)49-24-14-25-51(57(49)50)58-59-53(40-17-6-2-7-18-40)37-54(60-58)41-19-8-3-9-20-41/h1-37H. The van der Waals surface area contributed by atoms with Crippen LogP contribution in [0.5, 0.6) is 0 Å². The summed E-state index contributed by atoms with van der Waals surface area (Å²) in [7, 11) is 0. The van der Waals surface area contributed by atoms with Gasteiger partial charge in [-0.2, -0.15) is 0 Å². The van der Waals surface area contributed by atoms with Gasteiger partial charge in [-0.1, -0.05) is 188 Å². The Kier molecular flexibility index (Phi) is 8.17. The maximum atomic E-state index is 5.29. The minimum Gasteiger partial charge on any atom is -0.309 e. The number of benzene rings is 10. The van der Waals surface area contributed by atoms with E-state index < -0.39 is 0 Å². The monoisotopic (exact) mass is 775 g/mol. The van der Waals surface area contributed by atoms with Crippen LogP contribution >= 0.6 is 0 Å². The van der Waals surface area contributed by atoms with Crippen LogP contribution in [0, 0.1) is 0 Å². The van der Waals surface area contributed by atoms with Crippen molar-refractivity contribution in [2.75, 3.05) is 0 Å². The molecule has 3 nitrogen and oxygen atoms in total. The molecule has 0 aliphatic rings. The second kappa shape index (κ2) is 14.3. The molecule has 2 heterocycles. The van der Waals surface area contributed by atoms with Crippen molar-refractivity contribution in [2.45, 2.75) is 0 Å². The first-order valence-corrected chi connectivity index (χ1v) is 20.8. The van der Waals surface area contributed by atoms with Crippen molar-refractivity contribution >= 4 is 54.1 Å². The highest BCUT2D eigenvalue weighted by Crippen LogP contribution is 2.43. The van der Waals surface area contributed by atoms with E-state index in [9.17, 15) is 0 Å². The van der Waals surface area contributed by atoms with E-state index in [-0.39, 0.29) is 0 Å². The predicted octanol–water partition coefficient (Wildman–Crippen LogP) is 15.4. The first-order valence-electron chi connectivity index (χ1n) is 20.8. The molecule has 0 saturated heterocycles. The summed E-state index contributed by atoms with van der Waals surface area (Å²) in [4.78, 5) is 10.6. The lowest BCUT2D eigenvalue weighted by molar-refractivity contribution is 1.18. The third-order valence-corrected chi connectivity index (χ3v) is 12.2. The van der Waals surface area contributed by atoms with E-state index in [0.29, 0.717) is 5.82 Å². The van der Waals surface area contributed by atoms with E-state index in [0.717, 1.165) is 39.2 Å². The Hall–Kier alpha value is -8.14. The minimum atomic E-state index is 0.710. The lowest BCUT2D eigenvalue weighted by atomic mass is 9.89. The second-order valence-corrected chi connectivity index (χ2v) is 15.7. The molecule has 0 amide bonds. The van der Waals surface area contributed by atoms with Gasteiger partial charge in [0, 0.05) is 38.5 Å². The fourth-order valence-corrected chi connectivity index (χ4v) is 9.31. The highest BCUT2D eigenvalue weighted by molar-refractivity contribution is 6.28. The number of aromatic nitrogens is 3. The number of rotatable bonds is 6. The van der Waals surface area contributed by atoms with Crippen molar-refractivity contribution in [3.05, 3.63) is 224 Å². The lowest BCUT2D eigenvalue weighted by Gasteiger charge is -2.16. The van der Waals surface area contributed by atoms with E-state index in [4.69, 9.17) is 9.97 Å². The fraction of sp³-hybridized carbons (Fsp3) is 0. The van der Waals surface area contributed by atoms with Gasteiger partial charge in [0.05, 0.1) is 22.4 Å². The van der Waals surface area contributed by atoms with Gasteiger partial charge in [0.25, 0.3) is 0 Å².